The summed E-state index contributed by atoms with van der Waals surface area (Å²) in [5.41, 5.74) is 1.43. The average Bonchev–Trinajstić information content (AvgIpc) is 2.77. The maximum atomic E-state index is 10.7. The second kappa shape index (κ2) is 17.6. The van der Waals surface area contributed by atoms with Gasteiger partial charge in [-0.05, 0) is 55.4 Å². The van der Waals surface area contributed by atoms with Gasteiger partial charge in [0.05, 0.1) is 7.11 Å². The molecule has 0 unspecified atom stereocenters. The Balaban J connectivity index is 0. The highest BCUT2D eigenvalue weighted by Crippen LogP contribution is 2.25. The number of hydrogen-bond acceptors (Lipinski definition) is 6. The van der Waals surface area contributed by atoms with Crippen LogP contribution in [0.25, 0.3) is 0 Å². The van der Waals surface area contributed by atoms with E-state index in [2.05, 4.69) is 10.6 Å². The van der Waals surface area contributed by atoms with E-state index >= 15 is 0 Å². The Morgan fingerprint density at radius 2 is 1.52 bits per heavy atom. The van der Waals surface area contributed by atoms with Gasteiger partial charge in [0, 0.05) is 12.6 Å². The number of likely N-dealkylation sites (N-methyl/N-ethyl adjacent to an activating group) is 1. The van der Waals surface area contributed by atoms with Gasteiger partial charge in [-0.25, -0.2) is 0 Å². The first kappa shape index (κ1) is 29.9. The van der Waals surface area contributed by atoms with Gasteiger partial charge in [0.1, 0.15) is 11.8 Å². The Labute approximate surface area is 184 Å². The number of benzene rings is 2. The van der Waals surface area contributed by atoms with Crippen LogP contribution in [0.5, 0.6) is 17.2 Å². The molecule has 0 fully saturated rings. The van der Waals surface area contributed by atoms with Crippen LogP contribution >= 0.6 is 0 Å². The lowest BCUT2D eigenvalue weighted by Gasteiger charge is -2.11. The fourth-order valence-corrected chi connectivity index (χ4v) is 2.12. The van der Waals surface area contributed by atoms with Gasteiger partial charge in [-0.15, -0.1) is 0 Å². The molecule has 5 N–H and O–H groups in total. The summed E-state index contributed by atoms with van der Waals surface area (Å²) in [7, 11) is 3.16. The Morgan fingerprint density at radius 3 is 1.90 bits per heavy atom. The molecule has 1 atom stereocenters. The predicted molar refractivity (Wildman–Crippen MR) is 124 cm³/mol. The molecule has 8 nitrogen and oxygen atoms in total. The van der Waals surface area contributed by atoms with Crippen molar-refractivity contribution in [2.45, 2.75) is 47.1 Å². The van der Waals surface area contributed by atoms with Crippen LogP contribution in [0.4, 0.5) is 5.69 Å². The van der Waals surface area contributed by atoms with Gasteiger partial charge in [-0.3, -0.25) is 9.59 Å². The van der Waals surface area contributed by atoms with E-state index < -0.39 is 12.0 Å². The lowest BCUT2D eigenvalue weighted by molar-refractivity contribution is -0.139. The van der Waals surface area contributed by atoms with Crippen molar-refractivity contribution >= 4 is 17.6 Å². The van der Waals surface area contributed by atoms with E-state index in [1.165, 1.54) is 19.1 Å². The number of ether oxygens (including phenoxy) is 1. The van der Waals surface area contributed by atoms with Crippen molar-refractivity contribution in [3.05, 3.63) is 48.0 Å². The molecule has 174 valence electrons. The number of phenols is 2. The molecule has 0 radical (unpaired) electrons. The lowest BCUT2D eigenvalue weighted by Crippen LogP contribution is -2.35. The van der Waals surface area contributed by atoms with Crippen LogP contribution in [0.3, 0.4) is 0 Å². The molecular formula is C23H36N2O6. The zero-order chi connectivity index (χ0) is 24.4. The fourth-order valence-electron chi connectivity index (χ4n) is 2.12. The zero-order valence-corrected chi connectivity index (χ0v) is 19.4. The highest BCUT2D eigenvalue weighted by atomic mass is 16.5. The first-order chi connectivity index (χ1) is 14.8. The number of anilines is 1. The molecule has 8 heteroatoms. The monoisotopic (exact) mass is 436 g/mol. The molecule has 0 saturated heterocycles. The van der Waals surface area contributed by atoms with Gasteiger partial charge in [-0.1, -0.05) is 33.8 Å². The van der Waals surface area contributed by atoms with E-state index in [1.54, 1.807) is 44.5 Å². The molecule has 0 bridgehead atoms. The summed E-state index contributed by atoms with van der Waals surface area (Å²) < 4.78 is 4.96. The summed E-state index contributed by atoms with van der Waals surface area (Å²) in [5.74, 6) is -0.697. The number of aliphatic carboxylic acids is 1. The number of carboxylic acid groups (broad SMARTS) is 1. The van der Waals surface area contributed by atoms with Crippen LogP contribution in [0.1, 0.15) is 40.2 Å². The summed E-state index contributed by atoms with van der Waals surface area (Å²) in [4.78, 5) is 21.3. The molecule has 0 aliphatic heterocycles. The van der Waals surface area contributed by atoms with Gasteiger partial charge < -0.3 is 30.7 Å². The second-order valence-corrected chi connectivity index (χ2v) is 5.62. The van der Waals surface area contributed by atoms with Crippen molar-refractivity contribution in [3.8, 4) is 17.2 Å². The van der Waals surface area contributed by atoms with Gasteiger partial charge in [0.2, 0.25) is 5.91 Å². The predicted octanol–water partition coefficient (Wildman–Crippen LogP) is 4.02. The topological polar surface area (TPSA) is 128 Å². The van der Waals surface area contributed by atoms with E-state index in [-0.39, 0.29) is 23.8 Å². The number of carbonyl (C=O) groups is 2. The maximum Gasteiger partial charge on any atom is 0.321 e. The first-order valence-electron chi connectivity index (χ1n) is 10.1. The van der Waals surface area contributed by atoms with E-state index in [0.29, 0.717) is 5.56 Å². The lowest BCUT2D eigenvalue weighted by atomic mass is 10.1. The first-order valence-corrected chi connectivity index (χ1v) is 10.1. The van der Waals surface area contributed by atoms with Crippen molar-refractivity contribution in [3.63, 3.8) is 0 Å². The highest BCUT2D eigenvalue weighted by Gasteiger charge is 2.15. The zero-order valence-electron chi connectivity index (χ0n) is 19.4. The Kier molecular flexibility index (Phi) is 17.0. The number of carboxylic acids is 1. The Bertz CT molecular complexity index is 763. The minimum Gasteiger partial charge on any atom is -0.504 e. The van der Waals surface area contributed by atoms with E-state index in [9.17, 15) is 14.7 Å². The largest absolute Gasteiger partial charge is 0.504 e. The van der Waals surface area contributed by atoms with Crippen LogP contribution in [-0.4, -0.2) is 47.4 Å². The number of aromatic hydroxyl groups is 2. The molecule has 0 aliphatic carbocycles. The maximum absolute atomic E-state index is 10.7. The summed E-state index contributed by atoms with van der Waals surface area (Å²) in [6, 6.07) is 10.7. The van der Waals surface area contributed by atoms with Crippen LogP contribution in [-0.2, 0) is 16.0 Å². The van der Waals surface area contributed by atoms with Crippen molar-refractivity contribution in [2.24, 2.45) is 0 Å². The highest BCUT2D eigenvalue weighted by molar-refractivity contribution is 5.88. The van der Waals surface area contributed by atoms with E-state index in [0.717, 1.165) is 11.4 Å². The molecule has 2 rings (SSSR count). The molecule has 0 aliphatic rings. The van der Waals surface area contributed by atoms with Crippen molar-refractivity contribution in [1.82, 2.24) is 5.32 Å². The third-order valence-corrected chi connectivity index (χ3v) is 3.54. The van der Waals surface area contributed by atoms with Crippen LogP contribution in [0.15, 0.2) is 42.5 Å². The number of carbonyl (C=O) groups excluding carboxylic acids is 1. The third-order valence-electron chi connectivity index (χ3n) is 3.54. The summed E-state index contributed by atoms with van der Waals surface area (Å²) in [6.45, 7) is 9.48. The SMILES string of the molecule is CC.CC.CN[C@@H](Cc1ccc(O)c(O)c1)C(=O)O.COc1ccc(NC(C)=O)cc1. The standard InChI is InChI=1S/C10H13NO4.C9H11NO2.2C2H6/c1-11-7(10(14)15)4-6-2-3-8(12)9(13)5-6;1-7(11)10-8-3-5-9(12-2)6-4-8;2*1-2/h2-3,5,7,11-13H,4H2,1H3,(H,14,15);3-6H,1-2H3,(H,10,11);2*1-2H3/t7-;;;/m0.../s1. The third kappa shape index (κ3) is 12.8. The molecule has 2 aromatic carbocycles. The van der Waals surface area contributed by atoms with Crippen LogP contribution in [0.2, 0.25) is 0 Å². The van der Waals surface area contributed by atoms with Gasteiger partial charge in [0.25, 0.3) is 0 Å². The number of rotatable bonds is 6. The van der Waals surface area contributed by atoms with E-state index in [1.807, 2.05) is 27.7 Å². The molecule has 0 spiro atoms. The molecule has 1 amide bonds. The van der Waals surface area contributed by atoms with Gasteiger partial charge in [0.15, 0.2) is 11.5 Å². The average molecular weight is 437 g/mol. The molecule has 0 saturated carbocycles. The molecular weight excluding hydrogens is 400 g/mol. The smallest absolute Gasteiger partial charge is 0.321 e. The minimum absolute atomic E-state index is 0.0693. The van der Waals surface area contributed by atoms with Gasteiger partial charge in [-0.2, -0.15) is 0 Å². The molecule has 31 heavy (non-hydrogen) atoms. The summed E-state index contributed by atoms with van der Waals surface area (Å²) >= 11 is 0. The Morgan fingerprint density at radius 1 is 0.968 bits per heavy atom. The van der Waals surface area contributed by atoms with Crippen LogP contribution < -0.4 is 15.4 Å². The van der Waals surface area contributed by atoms with Crippen molar-refractivity contribution in [1.29, 1.82) is 0 Å². The van der Waals surface area contributed by atoms with Crippen LogP contribution in [0, 0.1) is 0 Å². The number of hydrogen-bond donors (Lipinski definition) is 5. The number of phenolic OH excluding ortho intramolecular Hbond substituents is 2. The molecule has 2 aromatic rings. The second-order valence-electron chi connectivity index (χ2n) is 5.62. The summed E-state index contributed by atoms with van der Waals surface area (Å²) in [5, 5.41) is 32.4. The number of amides is 1. The summed E-state index contributed by atoms with van der Waals surface area (Å²) in [6.07, 6.45) is 0.250. The molecule has 0 heterocycles. The number of methoxy groups -OCH3 is 1. The van der Waals surface area contributed by atoms with Crippen molar-refractivity contribution < 1.29 is 29.6 Å². The Hall–Kier alpha value is -3.26. The van der Waals surface area contributed by atoms with Gasteiger partial charge >= 0.3 is 5.97 Å². The minimum atomic E-state index is -0.954. The van der Waals surface area contributed by atoms with Crippen molar-refractivity contribution in [2.75, 3.05) is 19.5 Å². The van der Waals surface area contributed by atoms with E-state index in [4.69, 9.17) is 14.9 Å². The fraction of sp³-hybridized carbons (Fsp3) is 0.391. The molecule has 0 aromatic heterocycles. The quantitative estimate of drug-likeness (QED) is 0.433. The number of nitrogens with one attached hydrogen (secondary N) is 2. The normalized spacial score (nSPS) is 9.90.